The number of rotatable bonds is 3. The van der Waals surface area contributed by atoms with Gasteiger partial charge >= 0.3 is 0 Å². The summed E-state index contributed by atoms with van der Waals surface area (Å²) in [4.78, 5) is 16.1. The number of carbonyl (C=O) groups is 1. The Kier molecular flexibility index (Phi) is 4.88. The summed E-state index contributed by atoms with van der Waals surface area (Å²) in [5.74, 6) is -0.780. The van der Waals surface area contributed by atoms with E-state index in [4.69, 9.17) is 0 Å². The highest BCUT2D eigenvalue weighted by atomic mass is 19.1. The maximum atomic E-state index is 13.0. The van der Waals surface area contributed by atoms with Crippen LogP contribution in [0.15, 0.2) is 48.5 Å². The first-order valence-electron chi connectivity index (χ1n) is 8.02. The van der Waals surface area contributed by atoms with Crippen LogP contribution in [0.5, 0.6) is 11.5 Å². The summed E-state index contributed by atoms with van der Waals surface area (Å²) in [6.45, 7) is 2.54. The second-order valence-electron chi connectivity index (χ2n) is 5.87. The summed E-state index contributed by atoms with van der Waals surface area (Å²) in [7, 11) is 0. The Morgan fingerprint density at radius 2 is 1.64 bits per heavy atom. The molecule has 2 aromatic carbocycles. The molecule has 1 aliphatic rings. The van der Waals surface area contributed by atoms with Gasteiger partial charge in [-0.25, -0.2) is 4.39 Å². The summed E-state index contributed by atoms with van der Waals surface area (Å²) in [6, 6.07) is 10.7. The van der Waals surface area contributed by atoms with Crippen LogP contribution >= 0.6 is 0 Å². The van der Waals surface area contributed by atoms with Gasteiger partial charge in [0.25, 0.3) is 0 Å². The number of halogens is 1. The van der Waals surface area contributed by atoms with Gasteiger partial charge in [0, 0.05) is 37.9 Å². The van der Waals surface area contributed by atoms with E-state index in [9.17, 15) is 19.4 Å². The molecule has 130 valence electrons. The van der Waals surface area contributed by atoms with Gasteiger partial charge in [0.15, 0.2) is 11.5 Å². The minimum atomic E-state index is -0.261. The molecule has 0 atom stereocenters. The van der Waals surface area contributed by atoms with Crippen molar-refractivity contribution in [3.05, 3.63) is 59.9 Å². The van der Waals surface area contributed by atoms with Gasteiger partial charge in [0.1, 0.15) is 5.82 Å². The van der Waals surface area contributed by atoms with Crippen molar-refractivity contribution in [2.45, 2.75) is 0 Å². The molecule has 0 saturated carbocycles. The number of nitrogens with zero attached hydrogens (tertiary/aromatic N) is 2. The van der Waals surface area contributed by atoms with Crippen LogP contribution in [-0.2, 0) is 4.79 Å². The molecule has 1 aliphatic heterocycles. The largest absolute Gasteiger partial charge is 0.504 e. The maximum absolute atomic E-state index is 13.0. The summed E-state index contributed by atoms with van der Waals surface area (Å²) in [5.41, 5.74) is 1.58. The lowest BCUT2D eigenvalue weighted by Crippen LogP contribution is -2.48. The summed E-state index contributed by atoms with van der Waals surface area (Å²) >= 11 is 0. The van der Waals surface area contributed by atoms with Crippen molar-refractivity contribution in [2.75, 3.05) is 31.1 Å². The first-order valence-corrected chi connectivity index (χ1v) is 8.02. The lowest BCUT2D eigenvalue weighted by atomic mass is 10.2. The van der Waals surface area contributed by atoms with Gasteiger partial charge in [-0.15, -0.1) is 0 Å². The fourth-order valence-electron chi connectivity index (χ4n) is 2.75. The Bertz CT molecular complexity index is 782. The summed E-state index contributed by atoms with van der Waals surface area (Å²) in [5, 5.41) is 18.7. The predicted octanol–water partition coefficient (Wildman–Crippen LogP) is 2.60. The van der Waals surface area contributed by atoms with Crippen LogP contribution in [0.25, 0.3) is 6.08 Å². The Morgan fingerprint density at radius 3 is 2.28 bits per heavy atom. The van der Waals surface area contributed by atoms with Gasteiger partial charge in [-0.2, -0.15) is 0 Å². The third-order valence-corrected chi connectivity index (χ3v) is 4.20. The highest BCUT2D eigenvalue weighted by molar-refractivity contribution is 5.92. The van der Waals surface area contributed by atoms with Crippen molar-refractivity contribution in [3.63, 3.8) is 0 Å². The highest BCUT2D eigenvalue weighted by Crippen LogP contribution is 2.25. The Labute approximate surface area is 145 Å². The molecule has 0 spiro atoms. The van der Waals surface area contributed by atoms with Crippen molar-refractivity contribution >= 4 is 17.7 Å². The van der Waals surface area contributed by atoms with Gasteiger partial charge in [-0.05, 0) is 48.0 Å². The third-order valence-electron chi connectivity index (χ3n) is 4.20. The molecule has 1 saturated heterocycles. The fraction of sp³-hybridized carbons (Fsp3) is 0.211. The minimum absolute atomic E-state index is 0.105. The van der Waals surface area contributed by atoms with Crippen LogP contribution in [0.4, 0.5) is 10.1 Å². The van der Waals surface area contributed by atoms with Gasteiger partial charge in [-0.1, -0.05) is 6.07 Å². The molecule has 25 heavy (non-hydrogen) atoms. The van der Waals surface area contributed by atoms with E-state index in [1.807, 2.05) is 0 Å². The van der Waals surface area contributed by atoms with Crippen LogP contribution in [-0.4, -0.2) is 47.2 Å². The van der Waals surface area contributed by atoms with E-state index in [1.165, 1.54) is 30.3 Å². The number of anilines is 1. The second kappa shape index (κ2) is 7.25. The number of phenolic OH excluding ortho intramolecular Hbond substituents is 2. The SMILES string of the molecule is O=C(/C=C/c1ccc(O)c(O)c1)N1CCN(c2ccc(F)cc2)CC1. The van der Waals surface area contributed by atoms with E-state index >= 15 is 0 Å². The first-order chi connectivity index (χ1) is 12.0. The van der Waals surface area contributed by atoms with E-state index in [0.717, 1.165) is 5.69 Å². The van der Waals surface area contributed by atoms with Crippen LogP contribution < -0.4 is 4.90 Å². The van der Waals surface area contributed by atoms with E-state index < -0.39 is 0 Å². The molecule has 1 heterocycles. The normalized spacial score (nSPS) is 14.9. The summed E-state index contributed by atoms with van der Waals surface area (Å²) in [6.07, 6.45) is 3.06. The zero-order valence-electron chi connectivity index (χ0n) is 13.6. The number of piperazine rings is 1. The highest BCUT2D eigenvalue weighted by Gasteiger charge is 2.19. The van der Waals surface area contributed by atoms with Crippen molar-refractivity contribution in [1.29, 1.82) is 0 Å². The molecule has 2 aromatic rings. The van der Waals surface area contributed by atoms with Crippen LogP contribution in [0.1, 0.15) is 5.56 Å². The zero-order valence-corrected chi connectivity index (χ0v) is 13.6. The van der Waals surface area contributed by atoms with Crippen molar-refractivity contribution in [1.82, 2.24) is 4.90 Å². The average Bonchev–Trinajstić information content (AvgIpc) is 2.63. The Hall–Kier alpha value is -3.02. The van der Waals surface area contributed by atoms with Crippen molar-refractivity contribution in [3.8, 4) is 11.5 Å². The van der Waals surface area contributed by atoms with Gasteiger partial charge < -0.3 is 20.0 Å². The number of hydrogen-bond acceptors (Lipinski definition) is 4. The van der Waals surface area contributed by atoms with Crippen LogP contribution in [0.2, 0.25) is 0 Å². The standard InChI is InChI=1S/C19H19FN2O3/c20-15-3-5-16(6-4-15)21-9-11-22(12-10-21)19(25)8-2-14-1-7-17(23)18(24)13-14/h1-8,13,23-24H,9-12H2/b8-2+. The van der Waals surface area contributed by atoms with Crippen LogP contribution in [0.3, 0.4) is 0 Å². The molecule has 0 unspecified atom stereocenters. The minimum Gasteiger partial charge on any atom is -0.504 e. The van der Waals surface area contributed by atoms with E-state index in [2.05, 4.69) is 4.90 Å². The van der Waals surface area contributed by atoms with E-state index in [0.29, 0.717) is 31.7 Å². The molecule has 3 rings (SSSR count). The Morgan fingerprint density at radius 1 is 0.960 bits per heavy atom. The van der Waals surface area contributed by atoms with Gasteiger partial charge in [-0.3, -0.25) is 4.79 Å². The molecule has 0 bridgehead atoms. The zero-order chi connectivity index (χ0) is 17.8. The third kappa shape index (κ3) is 4.09. The quantitative estimate of drug-likeness (QED) is 0.665. The predicted molar refractivity (Wildman–Crippen MR) is 94.0 cm³/mol. The molecule has 2 N–H and O–H groups in total. The number of carbonyl (C=O) groups excluding carboxylic acids is 1. The van der Waals surface area contributed by atoms with Crippen molar-refractivity contribution < 1.29 is 19.4 Å². The Balaban J connectivity index is 1.56. The molecule has 0 aromatic heterocycles. The average molecular weight is 342 g/mol. The number of phenols is 2. The molecule has 6 heteroatoms. The van der Waals surface area contributed by atoms with Gasteiger partial charge in [0.2, 0.25) is 5.91 Å². The topological polar surface area (TPSA) is 64.0 Å². The molecule has 1 amide bonds. The van der Waals surface area contributed by atoms with Crippen LogP contribution in [0, 0.1) is 5.82 Å². The molecule has 1 fully saturated rings. The van der Waals surface area contributed by atoms with Crippen molar-refractivity contribution in [2.24, 2.45) is 0 Å². The fourth-order valence-corrected chi connectivity index (χ4v) is 2.75. The lowest BCUT2D eigenvalue weighted by Gasteiger charge is -2.35. The number of hydrogen-bond donors (Lipinski definition) is 2. The number of aromatic hydroxyl groups is 2. The lowest BCUT2D eigenvalue weighted by molar-refractivity contribution is -0.126. The monoisotopic (exact) mass is 342 g/mol. The number of amides is 1. The first kappa shape index (κ1) is 16.8. The molecule has 5 nitrogen and oxygen atoms in total. The smallest absolute Gasteiger partial charge is 0.246 e. The second-order valence-corrected chi connectivity index (χ2v) is 5.87. The molecule has 0 aliphatic carbocycles. The van der Waals surface area contributed by atoms with E-state index in [1.54, 1.807) is 29.2 Å². The molecular formula is C19H19FN2O3. The number of benzene rings is 2. The molecular weight excluding hydrogens is 323 g/mol. The molecule has 0 radical (unpaired) electrons. The van der Waals surface area contributed by atoms with E-state index in [-0.39, 0.29) is 23.2 Å². The summed E-state index contributed by atoms with van der Waals surface area (Å²) < 4.78 is 13.0. The maximum Gasteiger partial charge on any atom is 0.246 e. The van der Waals surface area contributed by atoms with Gasteiger partial charge in [0.05, 0.1) is 0 Å².